The lowest BCUT2D eigenvalue weighted by Crippen LogP contribution is -2.09. The zero-order chi connectivity index (χ0) is 25.7. The second kappa shape index (κ2) is 11.4. The third kappa shape index (κ3) is 6.53. The van der Waals surface area contributed by atoms with Crippen LogP contribution in [-0.4, -0.2) is 29.8 Å². The fraction of sp³-hybridized carbons (Fsp3) is 0.379. The average molecular weight is 494 g/mol. The van der Waals surface area contributed by atoms with Gasteiger partial charge >= 0.3 is 5.97 Å². The number of ether oxygens (including phenoxy) is 3. The molecule has 0 radical (unpaired) electrons. The van der Waals surface area contributed by atoms with Gasteiger partial charge in [0.15, 0.2) is 0 Å². The highest BCUT2D eigenvalue weighted by atomic mass is 19.1. The maximum Gasteiger partial charge on any atom is 0.303 e. The van der Waals surface area contributed by atoms with Crippen LogP contribution in [0.4, 0.5) is 4.39 Å². The van der Waals surface area contributed by atoms with E-state index in [0.717, 1.165) is 24.0 Å². The summed E-state index contributed by atoms with van der Waals surface area (Å²) in [7, 11) is 1.53. The molecule has 1 unspecified atom stereocenters. The third-order valence-electron chi connectivity index (χ3n) is 6.19. The molecule has 1 aromatic heterocycles. The number of methoxy groups -OCH3 is 1. The summed E-state index contributed by atoms with van der Waals surface area (Å²) in [6.45, 7) is 4.78. The molecule has 2 aromatic carbocycles. The number of pyridine rings is 1. The van der Waals surface area contributed by atoms with Crippen molar-refractivity contribution in [2.75, 3.05) is 13.7 Å². The Morgan fingerprint density at radius 2 is 1.92 bits per heavy atom. The predicted octanol–water partition coefficient (Wildman–Crippen LogP) is 6.48. The van der Waals surface area contributed by atoms with E-state index in [9.17, 15) is 14.3 Å². The number of hydrogen-bond acceptors (Lipinski definition) is 5. The number of rotatable bonds is 12. The monoisotopic (exact) mass is 493 g/mol. The fourth-order valence-corrected chi connectivity index (χ4v) is 4.19. The van der Waals surface area contributed by atoms with Crippen LogP contribution >= 0.6 is 0 Å². The lowest BCUT2D eigenvalue weighted by atomic mass is 9.91. The van der Waals surface area contributed by atoms with Gasteiger partial charge in [0.25, 0.3) is 0 Å². The van der Waals surface area contributed by atoms with Crippen molar-refractivity contribution in [3.8, 4) is 28.5 Å². The van der Waals surface area contributed by atoms with Crippen LogP contribution in [0.3, 0.4) is 0 Å². The quantitative estimate of drug-likeness (QED) is 0.311. The number of carboxylic acid groups (broad SMARTS) is 1. The highest BCUT2D eigenvalue weighted by Gasteiger charge is 2.33. The van der Waals surface area contributed by atoms with E-state index in [0.29, 0.717) is 41.0 Å². The molecule has 1 aliphatic rings. The van der Waals surface area contributed by atoms with Gasteiger partial charge in [0.1, 0.15) is 35.4 Å². The molecule has 1 aliphatic carbocycles. The van der Waals surface area contributed by atoms with Crippen molar-refractivity contribution >= 4 is 5.97 Å². The highest BCUT2D eigenvalue weighted by molar-refractivity contribution is 5.69. The first-order valence-corrected chi connectivity index (χ1v) is 12.2. The normalized spacial score (nSPS) is 13.9. The van der Waals surface area contributed by atoms with E-state index in [1.165, 1.54) is 13.2 Å². The Morgan fingerprint density at radius 1 is 1.11 bits per heavy atom. The number of carboxylic acids is 1. The third-order valence-corrected chi connectivity index (χ3v) is 6.19. The van der Waals surface area contributed by atoms with Crippen molar-refractivity contribution in [2.45, 2.75) is 45.6 Å². The Hall–Kier alpha value is -3.61. The molecule has 3 aromatic rings. The van der Waals surface area contributed by atoms with Crippen LogP contribution in [-0.2, 0) is 11.4 Å². The average Bonchev–Trinajstić information content (AvgIpc) is 3.71. The van der Waals surface area contributed by atoms with Gasteiger partial charge in [-0.05, 0) is 72.6 Å². The Morgan fingerprint density at radius 3 is 2.61 bits per heavy atom. The van der Waals surface area contributed by atoms with Crippen molar-refractivity contribution < 1.29 is 28.5 Å². The molecular formula is C29H32FNO5. The molecule has 1 heterocycles. The SMILES string of the molecule is COc1ccc(F)c(-c2ncc(COc3cccc(C(CC(=O)O)C4CC4)c3)cc2OCC(C)C)c1. The molecule has 1 saturated carbocycles. The van der Waals surface area contributed by atoms with Crippen molar-refractivity contribution in [3.63, 3.8) is 0 Å². The molecule has 0 spiro atoms. The van der Waals surface area contributed by atoms with Gasteiger partial charge in [0.2, 0.25) is 0 Å². The first kappa shape index (κ1) is 25.5. The van der Waals surface area contributed by atoms with Gasteiger partial charge in [0.05, 0.1) is 20.1 Å². The summed E-state index contributed by atoms with van der Waals surface area (Å²) >= 11 is 0. The topological polar surface area (TPSA) is 77.9 Å². The van der Waals surface area contributed by atoms with Crippen molar-refractivity contribution in [2.24, 2.45) is 11.8 Å². The number of hydrogen-bond donors (Lipinski definition) is 1. The van der Waals surface area contributed by atoms with E-state index in [1.807, 2.05) is 44.2 Å². The second-order valence-corrected chi connectivity index (χ2v) is 9.64. The molecule has 1 N–H and O–H groups in total. The van der Waals surface area contributed by atoms with Gasteiger partial charge in [0, 0.05) is 17.3 Å². The van der Waals surface area contributed by atoms with Gasteiger partial charge < -0.3 is 19.3 Å². The lowest BCUT2D eigenvalue weighted by Gasteiger charge is -2.17. The Kier molecular flexibility index (Phi) is 8.08. The van der Waals surface area contributed by atoms with Crippen LogP contribution in [0.25, 0.3) is 11.3 Å². The van der Waals surface area contributed by atoms with Crippen LogP contribution in [0, 0.1) is 17.7 Å². The predicted molar refractivity (Wildman–Crippen MR) is 135 cm³/mol. The first-order valence-electron chi connectivity index (χ1n) is 12.2. The smallest absolute Gasteiger partial charge is 0.303 e. The number of carbonyl (C=O) groups is 1. The van der Waals surface area contributed by atoms with Crippen LogP contribution in [0.5, 0.6) is 17.2 Å². The van der Waals surface area contributed by atoms with Gasteiger partial charge in [-0.25, -0.2) is 4.39 Å². The molecular weight excluding hydrogens is 461 g/mol. The van der Waals surface area contributed by atoms with E-state index in [2.05, 4.69) is 4.98 Å². The van der Waals surface area contributed by atoms with Crippen LogP contribution in [0.1, 0.15) is 50.2 Å². The fourth-order valence-electron chi connectivity index (χ4n) is 4.19. The number of nitrogens with zero attached hydrogens (tertiary/aromatic N) is 1. The zero-order valence-corrected chi connectivity index (χ0v) is 20.9. The summed E-state index contributed by atoms with van der Waals surface area (Å²) in [5.74, 6) is 1.17. The molecule has 190 valence electrons. The van der Waals surface area contributed by atoms with E-state index in [-0.39, 0.29) is 24.9 Å². The van der Waals surface area contributed by atoms with Gasteiger partial charge in [-0.3, -0.25) is 9.78 Å². The highest BCUT2D eigenvalue weighted by Crippen LogP contribution is 2.45. The lowest BCUT2D eigenvalue weighted by molar-refractivity contribution is -0.137. The number of aliphatic carboxylic acids is 1. The van der Waals surface area contributed by atoms with Gasteiger partial charge in [-0.1, -0.05) is 26.0 Å². The van der Waals surface area contributed by atoms with E-state index < -0.39 is 11.8 Å². The molecule has 0 saturated heterocycles. The number of benzene rings is 2. The van der Waals surface area contributed by atoms with E-state index in [4.69, 9.17) is 14.2 Å². The summed E-state index contributed by atoms with van der Waals surface area (Å²) in [5.41, 5.74) is 2.47. The molecule has 0 bridgehead atoms. The van der Waals surface area contributed by atoms with Crippen molar-refractivity contribution in [1.29, 1.82) is 0 Å². The number of halogens is 1. The summed E-state index contributed by atoms with van der Waals surface area (Å²) in [6, 6.07) is 14.0. The van der Waals surface area contributed by atoms with E-state index >= 15 is 0 Å². The largest absolute Gasteiger partial charge is 0.497 e. The zero-order valence-electron chi connectivity index (χ0n) is 20.9. The maximum absolute atomic E-state index is 14.7. The van der Waals surface area contributed by atoms with Crippen LogP contribution in [0.15, 0.2) is 54.7 Å². The molecule has 0 aliphatic heterocycles. The molecule has 36 heavy (non-hydrogen) atoms. The Labute approximate surface area is 211 Å². The second-order valence-electron chi connectivity index (χ2n) is 9.64. The molecule has 6 nitrogen and oxygen atoms in total. The number of aromatic nitrogens is 1. The maximum atomic E-state index is 14.7. The van der Waals surface area contributed by atoms with Crippen molar-refractivity contribution in [1.82, 2.24) is 4.98 Å². The van der Waals surface area contributed by atoms with Gasteiger partial charge in [-0.2, -0.15) is 0 Å². The summed E-state index contributed by atoms with van der Waals surface area (Å²) in [4.78, 5) is 15.9. The van der Waals surface area contributed by atoms with E-state index in [1.54, 1.807) is 18.3 Å². The van der Waals surface area contributed by atoms with Crippen LogP contribution < -0.4 is 14.2 Å². The van der Waals surface area contributed by atoms with Gasteiger partial charge in [-0.15, -0.1) is 0 Å². The first-order chi connectivity index (χ1) is 17.3. The molecule has 1 atom stereocenters. The van der Waals surface area contributed by atoms with Crippen molar-refractivity contribution in [3.05, 3.63) is 71.7 Å². The summed E-state index contributed by atoms with van der Waals surface area (Å²) < 4.78 is 32.0. The minimum absolute atomic E-state index is 0.000738. The molecule has 7 heteroatoms. The standard InChI is InChI=1S/C29H32FNO5/c1-18(2)16-36-27-11-19(15-31-29(27)25-13-22(34-3)9-10-26(25)30)17-35-23-6-4-5-21(12-23)24(14-28(32)33)20-7-8-20/h4-6,9-13,15,18,20,24H,7-8,14,16-17H2,1-3H3,(H,32,33). The molecule has 0 amide bonds. The Bertz CT molecular complexity index is 1210. The molecule has 4 rings (SSSR count). The van der Waals surface area contributed by atoms with Crippen LogP contribution in [0.2, 0.25) is 0 Å². The summed E-state index contributed by atoms with van der Waals surface area (Å²) in [6.07, 6.45) is 3.90. The molecule has 1 fully saturated rings. The Balaban J connectivity index is 1.55. The minimum atomic E-state index is -0.786. The summed E-state index contributed by atoms with van der Waals surface area (Å²) in [5, 5.41) is 9.32. The minimum Gasteiger partial charge on any atom is -0.497 e.